The molecular weight excluding hydrogens is 345 g/mol. The molecular formula is C12H18IN3O2. The van der Waals surface area contributed by atoms with Crippen LogP contribution in [0.25, 0.3) is 0 Å². The summed E-state index contributed by atoms with van der Waals surface area (Å²) in [7, 11) is 1.60. The molecule has 0 spiro atoms. The van der Waals surface area contributed by atoms with Crippen LogP contribution in [0.15, 0.2) is 18.2 Å². The molecule has 1 unspecified atom stereocenters. The number of halogens is 1. The summed E-state index contributed by atoms with van der Waals surface area (Å²) in [6, 6.07) is 5.23. The molecule has 0 saturated carbocycles. The van der Waals surface area contributed by atoms with Crippen LogP contribution in [-0.4, -0.2) is 32.2 Å². The van der Waals surface area contributed by atoms with E-state index in [1.165, 1.54) is 0 Å². The van der Waals surface area contributed by atoms with E-state index in [9.17, 15) is 4.79 Å². The van der Waals surface area contributed by atoms with Gasteiger partial charge < -0.3 is 21.1 Å². The smallest absolute Gasteiger partial charge is 0.242 e. The number of ether oxygens (including phenoxy) is 1. The standard InChI is InChI=1S/C12H18IN3O2/c1-8(12(17)15-5-6-18-2)16-11-4-3-9(14)7-10(11)13/h3-4,7-8,16H,5-6,14H2,1-2H3,(H,15,17). The quantitative estimate of drug-likeness (QED) is 0.406. The number of amides is 1. The first-order valence-corrected chi connectivity index (χ1v) is 6.70. The minimum Gasteiger partial charge on any atom is -0.399 e. The average Bonchev–Trinajstić information content (AvgIpc) is 2.32. The number of carbonyl (C=O) groups excluding carboxylic acids is 1. The lowest BCUT2D eigenvalue weighted by Gasteiger charge is -2.16. The number of nitrogen functional groups attached to an aromatic ring is 1. The largest absolute Gasteiger partial charge is 0.399 e. The van der Waals surface area contributed by atoms with Crippen LogP contribution in [0, 0.1) is 3.57 Å². The zero-order chi connectivity index (χ0) is 13.5. The van der Waals surface area contributed by atoms with Crippen molar-refractivity contribution in [1.29, 1.82) is 0 Å². The third kappa shape index (κ3) is 4.69. The van der Waals surface area contributed by atoms with Gasteiger partial charge in [0.05, 0.1) is 6.61 Å². The van der Waals surface area contributed by atoms with Crippen LogP contribution in [0.4, 0.5) is 11.4 Å². The number of hydrogen-bond donors (Lipinski definition) is 3. The minimum atomic E-state index is -0.306. The highest BCUT2D eigenvalue weighted by molar-refractivity contribution is 14.1. The molecule has 6 heteroatoms. The van der Waals surface area contributed by atoms with Crippen molar-refractivity contribution >= 4 is 39.9 Å². The fraction of sp³-hybridized carbons (Fsp3) is 0.417. The maximum absolute atomic E-state index is 11.7. The van der Waals surface area contributed by atoms with E-state index in [2.05, 4.69) is 33.2 Å². The summed E-state index contributed by atoms with van der Waals surface area (Å²) in [5.74, 6) is -0.0559. The van der Waals surface area contributed by atoms with Gasteiger partial charge in [0.15, 0.2) is 0 Å². The average molecular weight is 363 g/mol. The van der Waals surface area contributed by atoms with E-state index in [1.807, 2.05) is 19.1 Å². The fourth-order valence-corrected chi connectivity index (χ4v) is 2.07. The summed E-state index contributed by atoms with van der Waals surface area (Å²) in [6.45, 7) is 2.84. The Bertz CT molecular complexity index is 412. The summed E-state index contributed by atoms with van der Waals surface area (Å²) in [5, 5.41) is 5.93. The molecule has 1 atom stereocenters. The van der Waals surface area contributed by atoms with Gasteiger partial charge in [-0.05, 0) is 47.7 Å². The third-order valence-corrected chi connectivity index (χ3v) is 3.26. The zero-order valence-corrected chi connectivity index (χ0v) is 12.7. The zero-order valence-electron chi connectivity index (χ0n) is 10.5. The maximum atomic E-state index is 11.7. The van der Waals surface area contributed by atoms with Gasteiger partial charge in [0.1, 0.15) is 6.04 Å². The molecule has 1 amide bonds. The summed E-state index contributed by atoms with van der Waals surface area (Å²) in [5.41, 5.74) is 7.29. The topological polar surface area (TPSA) is 76.4 Å². The predicted octanol–water partition coefficient (Wildman–Crippen LogP) is 1.44. The Balaban J connectivity index is 2.53. The van der Waals surface area contributed by atoms with Crippen LogP contribution >= 0.6 is 22.6 Å². The molecule has 0 aliphatic carbocycles. The van der Waals surface area contributed by atoms with Gasteiger partial charge in [0.2, 0.25) is 5.91 Å². The van der Waals surface area contributed by atoms with Crippen molar-refractivity contribution in [2.45, 2.75) is 13.0 Å². The van der Waals surface area contributed by atoms with Gasteiger partial charge in [-0.2, -0.15) is 0 Å². The van der Waals surface area contributed by atoms with Crippen molar-refractivity contribution in [2.24, 2.45) is 0 Å². The molecule has 0 heterocycles. The Labute approximate surface area is 121 Å². The number of rotatable bonds is 6. The Morgan fingerprint density at radius 2 is 2.28 bits per heavy atom. The second-order valence-electron chi connectivity index (χ2n) is 3.89. The normalized spacial score (nSPS) is 11.9. The van der Waals surface area contributed by atoms with Crippen molar-refractivity contribution in [3.63, 3.8) is 0 Å². The Morgan fingerprint density at radius 1 is 1.56 bits per heavy atom. The first kappa shape index (κ1) is 15.0. The van der Waals surface area contributed by atoms with Crippen LogP contribution in [0.2, 0.25) is 0 Å². The Kier molecular flexibility index (Phi) is 6.20. The molecule has 0 aliphatic rings. The minimum absolute atomic E-state index is 0.0559. The van der Waals surface area contributed by atoms with Gasteiger partial charge in [-0.25, -0.2) is 0 Å². The molecule has 0 bridgehead atoms. The summed E-state index contributed by atoms with van der Waals surface area (Å²) >= 11 is 2.18. The van der Waals surface area contributed by atoms with Crippen molar-refractivity contribution in [1.82, 2.24) is 5.32 Å². The number of benzene rings is 1. The second-order valence-corrected chi connectivity index (χ2v) is 5.05. The number of nitrogens with one attached hydrogen (secondary N) is 2. The second kappa shape index (κ2) is 7.42. The van der Waals surface area contributed by atoms with Crippen LogP contribution in [0.1, 0.15) is 6.92 Å². The third-order valence-electron chi connectivity index (χ3n) is 2.36. The highest BCUT2D eigenvalue weighted by Gasteiger charge is 2.13. The van der Waals surface area contributed by atoms with E-state index >= 15 is 0 Å². The van der Waals surface area contributed by atoms with E-state index in [0.717, 1.165) is 9.26 Å². The summed E-state index contributed by atoms with van der Waals surface area (Å²) < 4.78 is 5.86. The highest BCUT2D eigenvalue weighted by Crippen LogP contribution is 2.21. The molecule has 1 rings (SSSR count). The number of hydrogen-bond acceptors (Lipinski definition) is 4. The van der Waals surface area contributed by atoms with E-state index in [1.54, 1.807) is 13.2 Å². The number of nitrogens with two attached hydrogens (primary N) is 1. The molecule has 0 aliphatic heterocycles. The lowest BCUT2D eigenvalue weighted by Crippen LogP contribution is -2.39. The number of anilines is 2. The number of carbonyl (C=O) groups is 1. The van der Waals surface area contributed by atoms with E-state index in [4.69, 9.17) is 10.5 Å². The van der Waals surface area contributed by atoms with Gasteiger partial charge in [-0.1, -0.05) is 0 Å². The van der Waals surface area contributed by atoms with Crippen LogP contribution in [-0.2, 0) is 9.53 Å². The molecule has 0 fully saturated rings. The van der Waals surface area contributed by atoms with Crippen molar-refractivity contribution in [3.05, 3.63) is 21.8 Å². The van der Waals surface area contributed by atoms with Crippen LogP contribution in [0.3, 0.4) is 0 Å². The van der Waals surface area contributed by atoms with Gasteiger partial charge in [-0.3, -0.25) is 4.79 Å². The SMILES string of the molecule is COCCNC(=O)C(C)Nc1ccc(N)cc1I. The van der Waals surface area contributed by atoms with Gasteiger partial charge in [-0.15, -0.1) is 0 Å². The highest BCUT2D eigenvalue weighted by atomic mass is 127. The first-order valence-electron chi connectivity index (χ1n) is 5.62. The predicted molar refractivity (Wildman–Crippen MR) is 81.5 cm³/mol. The number of methoxy groups -OCH3 is 1. The first-order chi connectivity index (χ1) is 8.54. The fourth-order valence-electron chi connectivity index (χ4n) is 1.38. The Hall–Kier alpha value is -1.02. The van der Waals surface area contributed by atoms with Crippen molar-refractivity contribution in [3.8, 4) is 0 Å². The summed E-state index contributed by atoms with van der Waals surface area (Å²) in [4.78, 5) is 11.7. The molecule has 1 aromatic carbocycles. The van der Waals surface area contributed by atoms with Crippen molar-refractivity contribution in [2.75, 3.05) is 31.3 Å². The van der Waals surface area contributed by atoms with E-state index in [0.29, 0.717) is 18.8 Å². The van der Waals surface area contributed by atoms with Crippen molar-refractivity contribution < 1.29 is 9.53 Å². The molecule has 100 valence electrons. The van der Waals surface area contributed by atoms with Gasteiger partial charge in [0, 0.05) is 28.6 Å². The van der Waals surface area contributed by atoms with Gasteiger partial charge in [0.25, 0.3) is 0 Å². The van der Waals surface area contributed by atoms with E-state index < -0.39 is 0 Å². The molecule has 18 heavy (non-hydrogen) atoms. The van der Waals surface area contributed by atoms with Gasteiger partial charge >= 0.3 is 0 Å². The van der Waals surface area contributed by atoms with E-state index in [-0.39, 0.29) is 11.9 Å². The molecule has 0 saturated heterocycles. The molecule has 0 aromatic heterocycles. The maximum Gasteiger partial charge on any atom is 0.242 e. The van der Waals surface area contributed by atoms with Crippen LogP contribution in [0.5, 0.6) is 0 Å². The lowest BCUT2D eigenvalue weighted by atomic mass is 10.2. The monoisotopic (exact) mass is 363 g/mol. The lowest BCUT2D eigenvalue weighted by molar-refractivity contribution is -0.121. The summed E-state index contributed by atoms with van der Waals surface area (Å²) in [6.07, 6.45) is 0. The molecule has 0 radical (unpaired) electrons. The Morgan fingerprint density at radius 3 is 2.89 bits per heavy atom. The molecule has 4 N–H and O–H groups in total. The van der Waals surface area contributed by atoms with Crippen LogP contribution < -0.4 is 16.4 Å². The molecule has 1 aromatic rings. The molecule has 5 nitrogen and oxygen atoms in total.